The topological polar surface area (TPSA) is 151 Å². The van der Waals surface area contributed by atoms with Gasteiger partial charge in [-0.1, -0.05) is 48.3 Å². The minimum absolute atomic E-state index is 0.0276. The third kappa shape index (κ3) is 6.00. The number of halogens is 2. The first-order valence-electron chi connectivity index (χ1n) is 13.4. The Kier molecular flexibility index (Phi) is 8.56. The van der Waals surface area contributed by atoms with Crippen LogP contribution in [0.25, 0.3) is 11.0 Å². The van der Waals surface area contributed by atoms with Gasteiger partial charge in [-0.2, -0.15) is 5.26 Å². The van der Waals surface area contributed by atoms with Crippen LogP contribution in [0.1, 0.15) is 45.4 Å². The lowest BCUT2D eigenvalue weighted by Crippen LogP contribution is -2.45. The molecule has 13 heteroatoms. The molecule has 3 heterocycles. The van der Waals surface area contributed by atoms with E-state index < -0.39 is 17.9 Å². The van der Waals surface area contributed by atoms with Crippen molar-refractivity contribution < 1.29 is 23.9 Å². The smallest absolute Gasteiger partial charge is 0.328 e. The molecule has 5 rings (SSSR count). The van der Waals surface area contributed by atoms with E-state index >= 15 is 0 Å². The van der Waals surface area contributed by atoms with Crippen LogP contribution in [-0.2, 0) is 17.8 Å². The maximum atomic E-state index is 13.3. The van der Waals surface area contributed by atoms with E-state index in [9.17, 15) is 19.5 Å². The first-order valence-corrected chi connectivity index (χ1v) is 14.2. The van der Waals surface area contributed by atoms with Gasteiger partial charge in [0.25, 0.3) is 11.8 Å². The lowest BCUT2D eigenvalue weighted by Gasteiger charge is -2.30. The van der Waals surface area contributed by atoms with Crippen LogP contribution < -0.4 is 10.6 Å². The zero-order valence-electron chi connectivity index (χ0n) is 22.7. The molecule has 0 unspecified atom stereocenters. The number of benzene rings is 2. The molecule has 3 N–H and O–H groups in total. The van der Waals surface area contributed by atoms with Gasteiger partial charge >= 0.3 is 5.97 Å². The Morgan fingerprint density at radius 2 is 2.00 bits per heavy atom. The Morgan fingerprint density at radius 3 is 2.69 bits per heavy atom. The van der Waals surface area contributed by atoms with Gasteiger partial charge < -0.3 is 24.6 Å². The highest BCUT2D eigenvalue weighted by Gasteiger charge is 2.31. The highest BCUT2D eigenvalue weighted by molar-refractivity contribution is 6.40. The van der Waals surface area contributed by atoms with Crippen LogP contribution in [0, 0.1) is 17.4 Å². The Hall–Kier alpha value is -4.27. The van der Waals surface area contributed by atoms with Gasteiger partial charge in [0.05, 0.1) is 22.2 Å². The van der Waals surface area contributed by atoms with Gasteiger partial charge in [0, 0.05) is 31.6 Å². The molecule has 0 bridgehead atoms. The molecule has 0 spiro atoms. The van der Waals surface area contributed by atoms with Crippen molar-refractivity contribution in [2.24, 2.45) is 10.9 Å². The van der Waals surface area contributed by atoms with Crippen molar-refractivity contribution in [3.05, 3.63) is 68.9 Å². The third-order valence-corrected chi connectivity index (χ3v) is 8.19. The van der Waals surface area contributed by atoms with Crippen LogP contribution in [0.2, 0.25) is 10.0 Å². The lowest BCUT2D eigenvalue weighted by atomic mass is 9.96. The Labute approximate surface area is 251 Å². The Balaban J connectivity index is 1.31. The number of guanidine groups is 1. The summed E-state index contributed by atoms with van der Waals surface area (Å²) in [6.07, 6.45) is 3.11. The first kappa shape index (κ1) is 29.2. The summed E-state index contributed by atoms with van der Waals surface area (Å²) < 4.78 is 5.73. The molecular weight excluding hydrogens is 583 g/mol. The lowest BCUT2D eigenvalue weighted by molar-refractivity contribution is -0.138. The van der Waals surface area contributed by atoms with Crippen molar-refractivity contribution in [3.63, 3.8) is 0 Å². The molecule has 1 fully saturated rings. The molecule has 2 amide bonds. The van der Waals surface area contributed by atoms with Gasteiger partial charge in [-0.3, -0.25) is 14.9 Å². The van der Waals surface area contributed by atoms with Gasteiger partial charge in [-0.15, -0.1) is 0 Å². The maximum absolute atomic E-state index is 13.3. The maximum Gasteiger partial charge on any atom is 0.328 e. The molecule has 0 radical (unpaired) electrons. The summed E-state index contributed by atoms with van der Waals surface area (Å²) in [6, 6.07) is 9.24. The number of furan rings is 1. The summed E-state index contributed by atoms with van der Waals surface area (Å²) in [5.41, 5.74) is 1.92. The predicted octanol–water partition coefficient (Wildman–Crippen LogP) is 3.89. The van der Waals surface area contributed by atoms with Crippen molar-refractivity contribution >= 4 is 57.9 Å². The van der Waals surface area contributed by atoms with Crippen molar-refractivity contribution in [1.29, 1.82) is 5.26 Å². The molecule has 2 aromatic carbocycles. The monoisotopic (exact) mass is 610 g/mol. The second-order valence-electron chi connectivity index (χ2n) is 10.4. The minimum atomic E-state index is -1.40. The summed E-state index contributed by atoms with van der Waals surface area (Å²) in [5, 5.41) is 24.8. The van der Waals surface area contributed by atoms with Crippen LogP contribution in [0.4, 0.5) is 0 Å². The van der Waals surface area contributed by atoms with E-state index in [0.29, 0.717) is 48.7 Å². The summed E-state index contributed by atoms with van der Waals surface area (Å²) in [6.45, 7) is 3.67. The van der Waals surface area contributed by atoms with E-state index in [1.807, 2.05) is 29.3 Å². The molecule has 11 nitrogen and oxygen atoms in total. The zero-order valence-corrected chi connectivity index (χ0v) is 24.2. The molecule has 3 aromatic rings. The van der Waals surface area contributed by atoms with Crippen molar-refractivity contribution in [3.8, 4) is 6.19 Å². The summed E-state index contributed by atoms with van der Waals surface area (Å²) >= 11 is 13.2. The number of rotatable bonds is 6. The second-order valence-corrected chi connectivity index (χ2v) is 11.2. The van der Waals surface area contributed by atoms with E-state index in [2.05, 4.69) is 22.5 Å². The standard InChI is InChI=1S/C29H28Cl2N6O5/c1-16-6-8-37(13-16)29(34-15-32)33-12-21(28(40)41)35-26(38)24-20(30)10-18-14-36(9-7-19(18)25(24)31)27(39)23-11-17-4-2-3-5-22(17)42-23/h2-5,10-11,16,21H,6-9,12-14H2,1H3,(H,33,34)(H,35,38)(H,40,41)/t16-,21-/m0/s1. The molecule has 0 saturated carbocycles. The summed E-state index contributed by atoms with van der Waals surface area (Å²) in [5.74, 6) is -1.45. The van der Waals surface area contributed by atoms with Crippen LogP contribution >= 0.6 is 23.2 Å². The van der Waals surface area contributed by atoms with Gasteiger partial charge in [-0.05, 0) is 48.1 Å². The number of aliphatic carboxylic acids is 1. The third-order valence-electron chi connectivity index (χ3n) is 7.47. The van der Waals surface area contributed by atoms with Crippen LogP contribution in [0.15, 0.2) is 45.8 Å². The molecule has 42 heavy (non-hydrogen) atoms. The second kappa shape index (κ2) is 12.3. The van der Waals surface area contributed by atoms with Crippen molar-refractivity contribution in [2.45, 2.75) is 32.4 Å². The fourth-order valence-electron chi connectivity index (χ4n) is 5.27. The fraction of sp³-hybridized carbons (Fsp3) is 0.345. The van der Waals surface area contributed by atoms with Gasteiger partial charge in [0.15, 0.2) is 12.0 Å². The average molecular weight is 611 g/mol. The number of likely N-dealkylation sites (tertiary alicyclic amines) is 1. The molecule has 218 valence electrons. The zero-order chi connectivity index (χ0) is 30.0. The van der Waals surface area contributed by atoms with E-state index in [1.54, 1.807) is 23.1 Å². The number of hydrogen-bond donors (Lipinski definition) is 3. The SMILES string of the molecule is C[C@H]1CCN(C(=NC[C@H](NC(=O)c2c(Cl)cc3c(c2Cl)CCN(C(=O)c2cc4ccccc4o2)C3)C(=O)O)NC#N)C1. The number of carbonyl (C=O) groups excluding carboxylic acids is 2. The molecular formula is C29H28Cl2N6O5. The molecule has 1 aromatic heterocycles. The quantitative estimate of drug-likeness (QED) is 0.164. The molecule has 2 atom stereocenters. The van der Waals surface area contributed by atoms with Crippen molar-refractivity contribution in [1.82, 2.24) is 20.4 Å². The van der Waals surface area contributed by atoms with E-state index in [0.717, 1.165) is 11.8 Å². The highest BCUT2D eigenvalue weighted by Crippen LogP contribution is 2.35. The Morgan fingerprint density at radius 1 is 1.21 bits per heavy atom. The number of nitriles is 1. The van der Waals surface area contributed by atoms with Crippen molar-refractivity contribution in [2.75, 3.05) is 26.2 Å². The molecule has 0 aliphatic carbocycles. The van der Waals surface area contributed by atoms with Crippen LogP contribution in [0.3, 0.4) is 0 Å². The van der Waals surface area contributed by atoms with E-state index in [4.69, 9.17) is 32.9 Å². The number of amides is 2. The first-order chi connectivity index (χ1) is 20.2. The Bertz CT molecular complexity index is 1600. The van der Waals surface area contributed by atoms with Gasteiger partial charge in [0.1, 0.15) is 11.6 Å². The summed E-state index contributed by atoms with van der Waals surface area (Å²) in [7, 11) is 0. The number of nitrogens with one attached hydrogen (secondary N) is 2. The number of carbonyl (C=O) groups is 3. The van der Waals surface area contributed by atoms with Gasteiger partial charge in [-0.25, -0.2) is 9.79 Å². The number of hydrogen-bond acceptors (Lipinski definition) is 6. The number of para-hydroxylation sites is 1. The minimum Gasteiger partial charge on any atom is -0.480 e. The molecule has 2 aliphatic heterocycles. The largest absolute Gasteiger partial charge is 0.480 e. The number of aliphatic imine (C=N–C) groups is 1. The van der Waals surface area contributed by atoms with E-state index in [1.165, 1.54) is 0 Å². The van der Waals surface area contributed by atoms with Gasteiger partial charge in [0.2, 0.25) is 5.96 Å². The fourth-order valence-corrected chi connectivity index (χ4v) is 6.03. The summed E-state index contributed by atoms with van der Waals surface area (Å²) in [4.78, 5) is 46.2. The van der Waals surface area contributed by atoms with E-state index in [-0.39, 0.29) is 46.3 Å². The normalized spacial score (nSPS) is 17.5. The number of fused-ring (bicyclic) bond motifs is 2. The predicted molar refractivity (Wildman–Crippen MR) is 156 cm³/mol. The number of nitrogens with zero attached hydrogens (tertiary/aromatic N) is 4. The number of carboxylic acid groups (broad SMARTS) is 1. The molecule has 2 aliphatic rings. The van der Waals surface area contributed by atoms with Crippen LogP contribution in [0.5, 0.6) is 0 Å². The number of carboxylic acids is 1. The van der Waals surface area contributed by atoms with Crippen LogP contribution in [-0.4, -0.2) is 70.9 Å². The molecule has 1 saturated heterocycles. The average Bonchev–Trinajstić information content (AvgIpc) is 3.60. The highest BCUT2D eigenvalue weighted by atomic mass is 35.5.